The van der Waals surface area contributed by atoms with Gasteiger partial charge in [0.2, 0.25) is 0 Å². The van der Waals surface area contributed by atoms with Crippen LogP contribution in [0.5, 0.6) is 0 Å². The van der Waals surface area contributed by atoms with Gasteiger partial charge < -0.3 is 34.2 Å². The zero-order valence-corrected chi connectivity index (χ0v) is 77.3. The highest BCUT2D eigenvalue weighted by molar-refractivity contribution is 7.47. The lowest BCUT2D eigenvalue weighted by molar-refractivity contribution is -0.161. The highest BCUT2D eigenvalue weighted by Crippen LogP contribution is 2.45. The first-order valence-corrected chi connectivity index (χ1v) is 50.8. The summed E-state index contributed by atoms with van der Waals surface area (Å²) < 4.78 is 61.5. The smallest absolute Gasteiger partial charge is 0.463 e. The molecule has 0 heterocycles. The minimum absolute atomic E-state index is 0.0621. The lowest BCUT2D eigenvalue weighted by Crippen LogP contribution is -2.30. The third-order valence-corrected chi connectivity index (χ3v) is 22.1. The molecule has 18 heteroatoms. The molecule has 684 valence electrons. The van der Waals surface area contributed by atoms with E-state index in [-0.39, 0.29) is 19.3 Å². The molecule has 5 unspecified atom stereocenters. The Labute approximate surface area is 727 Å². The minimum atomic E-state index is -4.95. The van der Waals surface area contributed by atoms with E-state index in [2.05, 4.69) is 179 Å². The number of rotatable bonds is 90. The fraction of sp³-hybridized carbons (Fsp3) is 0.713. The molecule has 0 saturated carbocycles. The third-order valence-electron chi connectivity index (χ3n) is 20.2. The number of hydrogen-bond donors (Lipinski definition) is 4. The number of ether oxygens (including phenoxy) is 3. The van der Waals surface area contributed by atoms with Crippen LogP contribution in [0.4, 0.5) is 0 Å². The first-order valence-electron chi connectivity index (χ1n) is 47.8. The van der Waals surface area contributed by atoms with E-state index in [9.17, 15) is 43.5 Å². The van der Waals surface area contributed by atoms with Gasteiger partial charge >= 0.3 is 33.6 Å². The molecule has 0 aromatic rings. The Kier molecular flexibility index (Phi) is 88.6. The molecule has 0 aromatic carbocycles. The molecule has 0 spiro atoms. The van der Waals surface area contributed by atoms with Gasteiger partial charge in [-0.05, 0) is 154 Å². The average Bonchev–Trinajstić information content (AvgIpc) is 0.902. The second-order valence-electron chi connectivity index (χ2n) is 31.8. The van der Waals surface area contributed by atoms with E-state index in [1.54, 1.807) is 0 Å². The van der Waals surface area contributed by atoms with Crippen LogP contribution in [0.2, 0.25) is 0 Å². The standard InChI is InChI=1S/C101H174O16P2/c1-4-7-10-13-16-19-22-25-28-31-34-36-38-40-42-44-45-46-47-48-49-51-53-54-56-58-61-63-66-69-72-75-78-81-84-87-99(104)111-90-96(102)91-113-118(107,108)114-92-97(103)93-115-119(109,110)116-95-98(117-101(106)89-86-83-80-77-74-71-68-65-60-33-30-27-24-21-18-15-12-9-6-3)94-112-100(105)88-85-82-79-76-73-70-67-64-62-59-57-55-52-50-43-41-39-37-35-32-29-26-23-20-17-14-11-8-5-2/h9,12,16-21,25-30,34-37,40-43,60,65,71,74,96-98,102-103H,4-8,10-11,13-15,22-24,31-33,38-39,44-59,61-64,66-70,72-73,75-95H2,1-3H3,(H,107,108)(H,109,110)/b12-9-,19-16-,20-17-,21-18-,28-25-,29-26-,30-27-,36-34-,37-35-,42-40-,43-41-,65-60-,74-71-. The molecule has 0 radical (unpaired) electrons. The van der Waals surface area contributed by atoms with E-state index in [0.29, 0.717) is 19.3 Å². The number of allylic oxidation sites excluding steroid dienone is 26. The summed E-state index contributed by atoms with van der Waals surface area (Å²) in [5.74, 6) is -1.60. The van der Waals surface area contributed by atoms with Gasteiger partial charge in [-0.1, -0.05) is 391 Å². The largest absolute Gasteiger partial charge is 0.472 e. The van der Waals surface area contributed by atoms with Crippen molar-refractivity contribution in [2.75, 3.05) is 39.6 Å². The molecule has 4 N–H and O–H groups in total. The Morgan fingerprint density at radius 3 is 0.714 bits per heavy atom. The van der Waals surface area contributed by atoms with Crippen LogP contribution in [0.15, 0.2) is 158 Å². The van der Waals surface area contributed by atoms with Crippen LogP contribution in [-0.2, 0) is 55.8 Å². The predicted molar refractivity (Wildman–Crippen MR) is 500 cm³/mol. The van der Waals surface area contributed by atoms with E-state index in [0.717, 1.165) is 141 Å². The summed E-state index contributed by atoms with van der Waals surface area (Å²) in [6.45, 7) is 2.52. The molecule has 5 atom stereocenters. The molecule has 0 bridgehead atoms. The van der Waals surface area contributed by atoms with Crippen molar-refractivity contribution in [2.45, 2.75) is 424 Å². The lowest BCUT2D eigenvalue weighted by atomic mass is 10.0. The fourth-order valence-electron chi connectivity index (χ4n) is 13.0. The van der Waals surface area contributed by atoms with Crippen molar-refractivity contribution in [1.82, 2.24) is 0 Å². The van der Waals surface area contributed by atoms with Crippen LogP contribution in [-0.4, -0.2) is 95.9 Å². The van der Waals surface area contributed by atoms with E-state index in [4.69, 9.17) is 32.3 Å². The van der Waals surface area contributed by atoms with Crippen LogP contribution in [0.1, 0.15) is 406 Å². The Morgan fingerprint density at radius 2 is 0.445 bits per heavy atom. The van der Waals surface area contributed by atoms with Gasteiger partial charge in [0.25, 0.3) is 0 Å². The molecular formula is C101H174O16P2. The number of hydrogen-bond acceptors (Lipinski definition) is 14. The topological polar surface area (TPSA) is 231 Å². The first-order chi connectivity index (χ1) is 58.2. The minimum Gasteiger partial charge on any atom is -0.463 e. The number of aliphatic hydroxyl groups is 2. The lowest BCUT2D eigenvalue weighted by Gasteiger charge is -2.21. The van der Waals surface area contributed by atoms with Crippen molar-refractivity contribution < 1.29 is 75.8 Å². The molecule has 0 aliphatic rings. The van der Waals surface area contributed by atoms with Crippen LogP contribution in [0, 0.1) is 0 Å². The fourth-order valence-corrected chi connectivity index (χ4v) is 14.6. The van der Waals surface area contributed by atoms with E-state index in [1.807, 2.05) is 0 Å². The number of carbonyl (C=O) groups is 3. The summed E-state index contributed by atoms with van der Waals surface area (Å²) in [7, 11) is -9.82. The van der Waals surface area contributed by atoms with Crippen molar-refractivity contribution in [3.05, 3.63) is 158 Å². The molecular weight excluding hydrogens is 1530 g/mol. The zero-order valence-electron chi connectivity index (χ0n) is 75.5. The van der Waals surface area contributed by atoms with Crippen LogP contribution < -0.4 is 0 Å². The maximum Gasteiger partial charge on any atom is 0.472 e. The van der Waals surface area contributed by atoms with Gasteiger partial charge in [-0.15, -0.1) is 0 Å². The summed E-state index contributed by atoms with van der Waals surface area (Å²) in [6.07, 6.45) is 119. The van der Waals surface area contributed by atoms with Crippen LogP contribution >= 0.6 is 15.6 Å². The van der Waals surface area contributed by atoms with E-state index in [1.165, 1.54) is 205 Å². The van der Waals surface area contributed by atoms with Crippen molar-refractivity contribution in [2.24, 2.45) is 0 Å². The second-order valence-corrected chi connectivity index (χ2v) is 34.7. The number of esters is 3. The van der Waals surface area contributed by atoms with Gasteiger partial charge in [-0.3, -0.25) is 32.5 Å². The summed E-state index contributed by atoms with van der Waals surface area (Å²) in [4.78, 5) is 59.0. The predicted octanol–water partition coefficient (Wildman–Crippen LogP) is 29.7. The molecule has 0 aromatic heterocycles. The highest BCUT2D eigenvalue weighted by Gasteiger charge is 2.30. The molecule has 119 heavy (non-hydrogen) atoms. The summed E-state index contributed by atoms with van der Waals surface area (Å²) in [6, 6.07) is 0. The van der Waals surface area contributed by atoms with E-state index >= 15 is 0 Å². The maximum atomic E-state index is 13.0. The summed E-state index contributed by atoms with van der Waals surface area (Å²) in [5, 5.41) is 20.7. The molecule has 0 saturated heterocycles. The molecule has 0 fully saturated rings. The van der Waals surface area contributed by atoms with Gasteiger partial charge in [0, 0.05) is 19.3 Å². The van der Waals surface area contributed by atoms with E-state index < -0.39 is 91.5 Å². The van der Waals surface area contributed by atoms with Crippen molar-refractivity contribution in [3.8, 4) is 0 Å². The highest BCUT2D eigenvalue weighted by atomic mass is 31.2. The summed E-state index contributed by atoms with van der Waals surface area (Å²) in [5.41, 5.74) is 0. The van der Waals surface area contributed by atoms with Gasteiger partial charge in [0.05, 0.1) is 26.4 Å². The van der Waals surface area contributed by atoms with Crippen molar-refractivity contribution in [3.63, 3.8) is 0 Å². The molecule has 0 aliphatic carbocycles. The number of phosphoric ester groups is 2. The average molecular weight is 1710 g/mol. The SMILES string of the molecule is CC/C=C\C/C=C\C/C=C\C/C=C\C/C=C\CCCCCC(=O)OC(COC(=O)CCCCCCCCCCCCCCC/C=C\C/C=C\C/C=C\C/C=C\CCCCC)COP(=O)(O)OCC(O)COP(=O)(O)OCC(O)COC(=O)CCCCCCCCCCCCCCCCCCCCC/C=C\C/C=C\C/C=C\C/C=C\CCCCC. The van der Waals surface area contributed by atoms with Gasteiger partial charge in [0.15, 0.2) is 6.10 Å². The first kappa shape index (κ1) is 114. The van der Waals surface area contributed by atoms with Crippen LogP contribution in [0.3, 0.4) is 0 Å². The Balaban J connectivity index is 4.51. The number of phosphoric acid groups is 2. The number of unbranched alkanes of at least 4 members (excludes halogenated alkanes) is 41. The van der Waals surface area contributed by atoms with Gasteiger partial charge in [-0.2, -0.15) is 0 Å². The Bertz CT molecular complexity index is 2790. The third kappa shape index (κ3) is 93.7. The monoisotopic (exact) mass is 1710 g/mol. The van der Waals surface area contributed by atoms with Crippen molar-refractivity contribution in [1.29, 1.82) is 0 Å². The number of carbonyl (C=O) groups excluding carboxylic acids is 3. The molecule has 0 rings (SSSR count). The Morgan fingerprint density at radius 1 is 0.244 bits per heavy atom. The van der Waals surface area contributed by atoms with Gasteiger partial charge in [0.1, 0.15) is 25.4 Å². The van der Waals surface area contributed by atoms with Gasteiger partial charge in [-0.25, -0.2) is 9.13 Å². The molecule has 16 nitrogen and oxygen atoms in total. The van der Waals surface area contributed by atoms with Crippen LogP contribution in [0.25, 0.3) is 0 Å². The van der Waals surface area contributed by atoms with Crippen molar-refractivity contribution >= 4 is 33.6 Å². The number of aliphatic hydroxyl groups excluding tert-OH is 2. The Hall–Kier alpha value is -4.83. The molecule has 0 amide bonds. The second kappa shape index (κ2) is 92.4. The quantitative estimate of drug-likeness (QED) is 0.0146. The normalized spacial score (nSPS) is 14.4. The zero-order chi connectivity index (χ0) is 86.5. The summed E-state index contributed by atoms with van der Waals surface area (Å²) >= 11 is 0. The molecule has 0 aliphatic heterocycles. The maximum absolute atomic E-state index is 13.0.